The van der Waals surface area contributed by atoms with E-state index in [-0.39, 0.29) is 38.6 Å². The highest BCUT2D eigenvalue weighted by Crippen LogP contribution is 2.43. The Morgan fingerprint density at radius 3 is 0.953 bits per heavy atom. The largest absolute Gasteiger partial charge is 0.472 e. The Bertz CT molecular complexity index is 1020. The first-order valence-corrected chi connectivity index (χ1v) is 29.5. The molecule has 0 spiro atoms. The zero-order chi connectivity index (χ0) is 46.7. The summed E-state index contributed by atoms with van der Waals surface area (Å²) in [5.41, 5.74) is 5.38. The summed E-state index contributed by atoms with van der Waals surface area (Å²) in [5, 5.41) is 0. The van der Waals surface area contributed by atoms with Crippen LogP contribution in [0.4, 0.5) is 0 Å². The maximum absolute atomic E-state index is 12.7. The van der Waals surface area contributed by atoms with E-state index in [0.29, 0.717) is 6.42 Å². The van der Waals surface area contributed by atoms with Gasteiger partial charge in [-0.1, -0.05) is 277 Å². The number of nitrogens with two attached hydrogens (primary N) is 1. The number of carbonyl (C=O) groups is 2. The van der Waals surface area contributed by atoms with E-state index in [1.807, 2.05) is 0 Å². The summed E-state index contributed by atoms with van der Waals surface area (Å²) in [7, 11) is -4.38. The van der Waals surface area contributed by atoms with E-state index in [1.165, 1.54) is 238 Å². The van der Waals surface area contributed by atoms with Crippen LogP contribution in [0.3, 0.4) is 0 Å². The maximum Gasteiger partial charge on any atom is 0.472 e. The van der Waals surface area contributed by atoms with Crippen molar-refractivity contribution in [2.24, 2.45) is 5.73 Å². The topological polar surface area (TPSA) is 134 Å². The molecule has 64 heavy (non-hydrogen) atoms. The molecule has 0 aromatic rings. The maximum atomic E-state index is 12.7. The van der Waals surface area contributed by atoms with Gasteiger partial charge in [0.25, 0.3) is 0 Å². The Morgan fingerprint density at radius 1 is 0.406 bits per heavy atom. The molecule has 0 aliphatic rings. The number of esters is 2. The van der Waals surface area contributed by atoms with Gasteiger partial charge in [0.15, 0.2) is 6.10 Å². The Labute approximate surface area is 397 Å². The van der Waals surface area contributed by atoms with Crippen LogP contribution in [0.15, 0.2) is 0 Å². The van der Waals surface area contributed by atoms with Crippen LogP contribution in [0.1, 0.15) is 303 Å². The van der Waals surface area contributed by atoms with Crippen molar-refractivity contribution in [3.8, 4) is 0 Å². The van der Waals surface area contributed by atoms with Gasteiger partial charge < -0.3 is 20.1 Å². The number of phosphoric ester groups is 1. The molecule has 0 saturated heterocycles. The highest BCUT2D eigenvalue weighted by atomic mass is 31.2. The number of carbonyl (C=O) groups excluding carboxylic acids is 2. The van der Waals surface area contributed by atoms with Crippen molar-refractivity contribution in [3.63, 3.8) is 0 Å². The summed E-state index contributed by atoms with van der Waals surface area (Å²) in [5.74, 6) is -0.803. The fraction of sp³-hybridized carbons (Fsp3) is 0.963. The van der Waals surface area contributed by atoms with E-state index in [4.69, 9.17) is 24.3 Å². The standard InChI is InChI=1S/C54H108NO8P/c1-3-5-7-9-11-13-15-17-19-21-23-25-27-28-30-32-34-36-38-40-42-44-46-53(56)60-50-52(51-62-64(58,59)61-49-48-55)63-54(57)47-45-43-41-39-37-35-33-31-29-26-24-22-20-18-16-14-12-10-8-6-4-2/h52H,3-51,55H2,1-2H3,(H,58,59). The van der Waals surface area contributed by atoms with Crippen molar-refractivity contribution < 1.29 is 37.6 Å². The third kappa shape index (κ3) is 50.4. The van der Waals surface area contributed by atoms with Gasteiger partial charge in [-0.15, -0.1) is 0 Å². The molecule has 0 rings (SSSR count). The summed E-state index contributed by atoms with van der Waals surface area (Å²) in [6.45, 7) is 3.82. The summed E-state index contributed by atoms with van der Waals surface area (Å²) < 4.78 is 33.0. The van der Waals surface area contributed by atoms with Gasteiger partial charge in [0.1, 0.15) is 6.61 Å². The number of hydrogen-bond acceptors (Lipinski definition) is 8. The molecule has 0 heterocycles. The first kappa shape index (κ1) is 63.0. The van der Waals surface area contributed by atoms with Crippen LogP contribution >= 0.6 is 7.82 Å². The van der Waals surface area contributed by atoms with Gasteiger partial charge in [-0.2, -0.15) is 0 Å². The van der Waals surface area contributed by atoms with Crippen LogP contribution in [0.2, 0.25) is 0 Å². The molecule has 2 unspecified atom stereocenters. The van der Waals surface area contributed by atoms with E-state index in [9.17, 15) is 19.0 Å². The van der Waals surface area contributed by atoms with Crippen molar-refractivity contribution in [1.29, 1.82) is 0 Å². The highest BCUT2D eigenvalue weighted by molar-refractivity contribution is 7.47. The number of phosphoric acid groups is 1. The number of rotatable bonds is 54. The normalized spacial score (nSPS) is 13.0. The van der Waals surface area contributed by atoms with Gasteiger partial charge in [-0.3, -0.25) is 18.6 Å². The molecule has 0 radical (unpaired) electrons. The molecule has 0 aliphatic carbocycles. The Kier molecular flexibility index (Phi) is 50.6. The van der Waals surface area contributed by atoms with Crippen molar-refractivity contribution in [1.82, 2.24) is 0 Å². The van der Waals surface area contributed by atoms with Crippen LogP contribution in [-0.2, 0) is 32.7 Å². The fourth-order valence-electron chi connectivity index (χ4n) is 8.58. The van der Waals surface area contributed by atoms with Crippen LogP contribution in [0.5, 0.6) is 0 Å². The lowest BCUT2D eigenvalue weighted by Gasteiger charge is -2.19. The number of ether oxygens (including phenoxy) is 2. The lowest BCUT2D eigenvalue weighted by Crippen LogP contribution is -2.29. The van der Waals surface area contributed by atoms with E-state index < -0.39 is 26.5 Å². The zero-order valence-electron chi connectivity index (χ0n) is 42.6. The minimum atomic E-state index is -4.38. The first-order chi connectivity index (χ1) is 31.3. The van der Waals surface area contributed by atoms with E-state index in [0.717, 1.165) is 32.1 Å². The van der Waals surface area contributed by atoms with Gasteiger partial charge in [0.05, 0.1) is 13.2 Å². The van der Waals surface area contributed by atoms with E-state index in [2.05, 4.69) is 13.8 Å². The summed E-state index contributed by atoms with van der Waals surface area (Å²) in [6, 6.07) is 0. The highest BCUT2D eigenvalue weighted by Gasteiger charge is 2.26. The van der Waals surface area contributed by atoms with Crippen LogP contribution in [0, 0.1) is 0 Å². The van der Waals surface area contributed by atoms with Crippen LogP contribution in [0.25, 0.3) is 0 Å². The van der Waals surface area contributed by atoms with Gasteiger partial charge in [-0.05, 0) is 12.8 Å². The predicted molar refractivity (Wildman–Crippen MR) is 271 cm³/mol. The average molecular weight is 930 g/mol. The zero-order valence-corrected chi connectivity index (χ0v) is 43.4. The lowest BCUT2D eigenvalue weighted by atomic mass is 10.0. The molecule has 0 saturated carbocycles. The SMILES string of the molecule is CCCCCCCCCCCCCCCCCCCCCCCCC(=O)OCC(COP(=O)(O)OCCN)OC(=O)CCCCCCCCCCCCCCCCCCCCCCC. The van der Waals surface area contributed by atoms with Crippen LogP contribution in [-0.4, -0.2) is 49.3 Å². The number of unbranched alkanes of at least 4 members (excludes halogenated alkanes) is 41. The third-order valence-electron chi connectivity index (χ3n) is 12.7. The van der Waals surface area contributed by atoms with Gasteiger partial charge in [0, 0.05) is 19.4 Å². The van der Waals surface area contributed by atoms with Gasteiger partial charge in [-0.25, -0.2) is 4.57 Å². The molecule has 10 heteroatoms. The molecule has 0 bridgehead atoms. The number of hydrogen-bond donors (Lipinski definition) is 2. The molecule has 2 atom stereocenters. The predicted octanol–water partition coefficient (Wildman–Crippen LogP) is 17.1. The molecule has 9 nitrogen and oxygen atoms in total. The molecular formula is C54H108NO8P. The second-order valence-corrected chi connectivity index (χ2v) is 20.6. The summed E-state index contributed by atoms with van der Waals surface area (Å²) in [4.78, 5) is 35.1. The molecule has 0 amide bonds. The van der Waals surface area contributed by atoms with Gasteiger partial charge in [0.2, 0.25) is 0 Å². The minimum Gasteiger partial charge on any atom is -0.462 e. The molecule has 0 aromatic carbocycles. The van der Waals surface area contributed by atoms with Crippen molar-refractivity contribution in [2.45, 2.75) is 309 Å². The Hall–Kier alpha value is -0.990. The molecule has 3 N–H and O–H groups in total. The molecule has 382 valence electrons. The third-order valence-corrected chi connectivity index (χ3v) is 13.7. The van der Waals surface area contributed by atoms with E-state index in [1.54, 1.807) is 0 Å². The molecule has 0 aromatic heterocycles. The van der Waals surface area contributed by atoms with E-state index >= 15 is 0 Å². The average Bonchev–Trinajstić information content (AvgIpc) is 3.28. The smallest absolute Gasteiger partial charge is 0.462 e. The van der Waals surface area contributed by atoms with Crippen LogP contribution < -0.4 is 5.73 Å². The monoisotopic (exact) mass is 930 g/mol. The van der Waals surface area contributed by atoms with Crippen molar-refractivity contribution in [3.05, 3.63) is 0 Å². The quantitative estimate of drug-likeness (QED) is 0.0347. The Morgan fingerprint density at radius 2 is 0.672 bits per heavy atom. The molecule has 0 aliphatic heterocycles. The summed E-state index contributed by atoms with van der Waals surface area (Å²) >= 11 is 0. The molecule has 0 fully saturated rings. The molecular weight excluding hydrogens is 822 g/mol. The lowest BCUT2D eigenvalue weighted by molar-refractivity contribution is -0.161. The Balaban J connectivity index is 3.93. The first-order valence-electron chi connectivity index (χ1n) is 28.0. The van der Waals surface area contributed by atoms with Gasteiger partial charge >= 0.3 is 19.8 Å². The van der Waals surface area contributed by atoms with Crippen molar-refractivity contribution in [2.75, 3.05) is 26.4 Å². The minimum absolute atomic E-state index is 0.0585. The fourth-order valence-corrected chi connectivity index (χ4v) is 9.35. The second kappa shape index (κ2) is 51.4. The van der Waals surface area contributed by atoms with Crippen molar-refractivity contribution >= 4 is 19.8 Å². The second-order valence-electron chi connectivity index (χ2n) is 19.2. The summed E-state index contributed by atoms with van der Waals surface area (Å²) in [6.07, 6.45) is 55.8.